The highest BCUT2D eigenvalue weighted by atomic mass is 35.5. The number of alkyl halides is 1. The summed E-state index contributed by atoms with van der Waals surface area (Å²) in [5.74, 6) is -2.10. The van der Waals surface area contributed by atoms with Gasteiger partial charge in [0.1, 0.15) is 22.1 Å². The third kappa shape index (κ3) is 5.57. The lowest BCUT2D eigenvalue weighted by Crippen LogP contribution is -2.56. The quantitative estimate of drug-likeness (QED) is 0.222. The molecule has 7 nitrogen and oxygen atoms in total. The van der Waals surface area contributed by atoms with Crippen molar-refractivity contribution in [3.8, 4) is 0 Å². The van der Waals surface area contributed by atoms with E-state index in [0.29, 0.717) is 6.42 Å². The third-order valence-electron chi connectivity index (χ3n) is 4.99. The molecule has 1 aliphatic rings. The van der Waals surface area contributed by atoms with Gasteiger partial charge in [-0.2, -0.15) is 0 Å². The Morgan fingerprint density at radius 1 is 1.50 bits per heavy atom. The first-order valence-corrected chi connectivity index (χ1v) is 12.2. The maximum atomic E-state index is 14.8. The molecular weight excluding hydrogens is 478 g/mol. The number of allylic oxidation sites excluding steroid dienone is 2. The Morgan fingerprint density at radius 3 is 2.72 bits per heavy atom. The molecular formula is C21H25Cl2FN4O3S. The minimum Gasteiger partial charge on any atom is -0.365 e. The Balaban J connectivity index is 2.38. The zero-order valence-corrected chi connectivity index (χ0v) is 20.2. The number of aliphatic imine (C=N–C) groups is 1. The Kier molecular flexibility index (Phi) is 8.25. The Morgan fingerprint density at radius 2 is 2.16 bits per heavy atom. The second-order valence-electron chi connectivity index (χ2n) is 7.63. The highest BCUT2D eigenvalue weighted by Crippen LogP contribution is 2.34. The molecule has 174 valence electrons. The van der Waals surface area contributed by atoms with E-state index in [4.69, 9.17) is 28.6 Å². The zero-order valence-electron chi connectivity index (χ0n) is 17.9. The number of carbonyl (C=O) groups is 1. The van der Waals surface area contributed by atoms with Crippen LogP contribution in [0.2, 0.25) is 5.02 Å². The molecule has 1 saturated heterocycles. The number of rotatable bonds is 7. The van der Waals surface area contributed by atoms with Crippen molar-refractivity contribution in [2.45, 2.75) is 43.4 Å². The molecule has 2 rings (SSSR count). The van der Waals surface area contributed by atoms with Crippen molar-refractivity contribution in [3.63, 3.8) is 0 Å². The molecule has 0 saturated carbocycles. The topological polar surface area (TPSA) is 111 Å². The van der Waals surface area contributed by atoms with E-state index in [1.54, 1.807) is 6.08 Å². The summed E-state index contributed by atoms with van der Waals surface area (Å²) in [5.41, 5.74) is 0.160. The first kappa shape index (κ1) is 26.0. The molecule has 1 aliphatic heterocycles. The van der Waals surface area contributed by atoms with Crippen molar-refractivity contribution >= 4 is 56.7 Å². The van der Waals surface area contributed by atoms with Gasteiger partial charge < -0.3 is 10.6 Å². The average molecular weight is 503 g/mol. The summed E-state index contributed by atoms with van der Waals surface area (Å²) >= 11 is 11.9. The van der Waals surface area contributed by atoms with Gasteiger partial charge in [0, 0.05) is 17.5 Å². The van der Waals surface area contributed by atoms with Crippen molar-refractivity contribution in [3.05, 3.63) is 53.0 Å². The fourth-order valence-corrected chi connectivity index (χ4v) is 4.65. The molecule has 1 aromatic carbocycles. The highest BCUT2D eigenvalue weighted by molar-refractivity contribution is 7.93. The molecule has 0 aromatic heterocycles. The van der Waals surface area contributed by atoms with Gasteiger partial charge in [0.2, 0.25) is 0 Å². The number of anilines is 1. The maximum Gasteiger partial charge on any atom is 0.273 e. The van der Waals surface area contributed by atoms with Gasteiger partial charge in [-0.3, -0.25) is 15.2 Å². The third-order valence-corrected chi connectivity index (χ3v) is 8.08. The second kappa shape index (κ2) is 10.1. The van der Waals surface area contributed by atoms with E-state index < -0.39 is 43.5 Å². The van der Waals surface area contributed by atoms with Crippen LogP contribution in [-0.4, -0.2) is 42.3 Å². The van der Waals surface area contributed by atoms with Crippen LogP contribution in [0.3, 0.4) is 0 Å². The van der Waals surface area contributed by atoms with Crippen LogP contribution >= 0.6 is 23.2 Å². The molecule has 1 heterocycles. The van der Waals surface area contributed by atoms with E-state index in [9.17, 15) is 17.6 Å². The van der Waals surface area contributed by atoms with Crippen LogP contribution in [-0.2, 0) is 14.6 Å². The molecule has 0 bridgehead atoms. The number of hydrogen-bond donors (Lipinski definition) is 3. The van der Waals surface area contributed by atoms with Gasteiger partial charge >= 0.3 is 0 Å². The zero-order chi connectivity index (χ0) is 24.3. The van der Waals surface area contributed by atoms with Gasteiger partial charge in [0.15, 0.2) is 9.84 Å². The number of nitrogens with zero attached hydrogens (tertiary/aromatic N) is 1. The van der Waals surface area contributed by atoms with E-state index in [1.807, 2.05) is 6.92 Å². The predicted octanol–water partition coefficient (Wildman–Crippen LogP) is 4.39. The van der Waals surface area contributed by atoms with Crippen LogP contribution in [0, 0.1) is 11.2 Å². The number of sulfone groups is 1. The average Bonchev–Trinajstić information content (AvgIpc) is 2.71. The molecule has 0 aliphatic carbocycles. The number of amides is 1. The standard InChI is InChI=1S/C21H25Cl2FN4O3S/c1-5-7-16(26-10-12(22)6-2)19(29)27-13-8-14(18(24)15(23)9-13)17-11-32(30,31)21(3,4)20(25)28-17/h6-10,12,17H,2,5,11H2,1,3-4H3,(H2,25,28)(H,27,29)/b16-7-,26-10-. The molecule has 0 radical (unpaired) electrons. The van der Waals surface area contributed by atoms with Crippen LogP contribution in [0.1, 0.15) is 38.8 Å². The Labute approximate surface area is 197 Å². The molecule has 2 atom stereocenters. The maximum absolute atomic E-state index is 14.8. The van der Waals surface area contributed by atoms with Gasteiger partial charge in [-0.15, -0.1) is 18.2 Å². The number of carbonyl (C=O) groups excluding carboxylic acids is 1. The van der Waals surface area contributed by atoms with Crippen LogP contribution in [0.5, 0.6) is 0 Å². The summed E-state index contributed by atoms with van der Waals surface area (Å²) in [4.78, 5) is 16.8. The van der Waals surface area contributed by atoms with Crippen molar-refractivity contribution < 1.29 is 17.6 Å². The minimum absolute atomic E-state index is 0.0753. The smallest absolute Gasteiger partial charge is 0.273 e. The van der Waals surface area contributed by atoms with Gasteiger partial charge in [0.25, 0.3) is 5.91 Å². The number of halogens is 3. The highest BCUT2D eigenvalue weighted by Gasteiger charge is 2.46. The SMILES string of the molecule is C=CC(Cl)/C=N\C(=C/CC)C(=O)Nc1cc(Cl)c(F)c(C2CS(=O)(=O)C(C)(C)C(=N)N2)c1. The first-order valence-electron chi connectivity index (χ1n) is 9.73. The lowest BCUT2D eigenvalue weighted by Gasteiger charge is -2.36. The molecule has 1 amide bonds. The van der Waals surface area contributed by atoms with Crippen molar-refractivity contribution in [2.24, 2.45) is 4.99 Å². The summed E-state index contributed by atoms with van der Waals surface area (Å²) in [6, 6.07) is 1.47. The van der Waals surface area contributed by atoms with Crippen LogP contribution in [0.15, 0.2) is 41.6 Å². The van der Waals surface area contributed by atoms with Crippen molar-refractivity contribution in [1.29, 1.82) is 5.41 Å². The van der Waals surface area contributed by atoms with Crippen LogP contribution in [0.4, 0.5) is 10.1 Å². The van der Waals surface area contributed by atoms with E-state index in [-0.39, 0.29) is 27.8 Å². The van der Waals surface area contributed by atoms with Crippen molar-refractivity contribution in [1.82, 2.24) is 5.32 Å². The Bertz CT molecular complexity index is 1100. The number of nitrogens with one attached hydrogen (secondary N) is 3. The normalized spacial score (nSPS) is 21.1. The van der Waals surface area contributed by atoms with Crippen LogP contribution in [0.25, 0.3) is 0 Å². The van der Waals surface area contributed by atoms with E-state index in [2.05, 4.69) is 22.2 Å². The minimum atomic E-state index is -3.74. The van der Waals surface area contributed by atoms with Gasteiger partial charge in [0.05, 0.1) is 22.2 Å². The number of hydrogen-bond acceptors (Lipinski definition) is 5. The molecule has 3 N–H and O–H groups in total. The number of benzene rings is 1. The lowest BCUT2D eigenvalue weighted by molar-refractivity contribution is -0.112. The molecule has 1 fully saturated rings. The largest absolute Gasteiger partial charge is 0.365 e. The molecule has 1 aromatic rings. The lowest BCUT2D eigenvalue weighted by atomic mass is 10.0. The van der Waals surface area contributed by atoms with E-state index >= 15 is 0 Å². The monoisotopic (exact) mass is 502 g/mol. The molecule has 0 spiro atoms. The molecule has 32 heavy (non-hydrogen) atoms. The number of amidine groups is 1. The molecule has 11 heteroatoms. The van der Waals surface area contributed by atoms with Gasteiger partial charge in [-0.1, -0.05) is 30.7 Å². The Hall–Kier alpha value is -2.23. The summed E-state index contributed by atoms with van der Waals surface area (Å²) in [6.45, 7) is 8.18. The fourth-order valence-electron chi connectivity index (χ4n) is 2.88. The van der Waals surface area contributed by atoms with Gasteiger partial charge in [-0.05, 0) is 32.4 Å². The summed E-state index contributed by atoms with van der Waals surface area (Å²) < 4.78 is 38.6. The van der Waals surface area contributed by atoms with Crippen molar-refractivity contribution in [2.75, 3.05) is 11.1 Å². The predicted molar refractivity (Wildman–Crippen MR) is 128 cm³/mol. The molecule has 2 unspecified atom stereocenters. The fraction of sp³-hybridized carbons (Fsp3) is 0.381. The van der Waals surface area contributed by atoms with Gasteiger partial charge in [-0.25, -0.2) is 12.8 Å². The van der Waals surface area contributed by atoms with E-state index in [1.165, 1.54) is 38.3 Å². The van der Waals surface area contributed by atoms with Crippen LogP contribution < -0.4 is 10.6 Å². The summed E-state index contributed by atoms with van der Waals surface area (Å²) in [5, 5.41) is 12.5. The summed E-state index contributed by atoms with van der Waals surface area (Å²) in [7, 11) is -3.74. The first-order chi connectivity index (χ1) is 14.8. The second-order valence-corrected chi connectivity index (χ2v) is 11.1. The van der Waals surface area contributed by atoms with E-state index in [0.717, 1.165) is 0 Å². The summed E-state index contributed by atoms with van der Waals surface area (Å²) in [6.07, 6.45) is 4.91.